The number of hydrogen-bond acceptors (Lipinski definition) is 8. The van der Waals surface area contributed by atoms with Gasteiger partial charge in [0.1, 0.15) is 16.7 Å². The van der Waals surface area contributed by atoms with Crippen LogP contribution in [-0.4, -0.2) is 46.7 Å². The van der Waals surface area contributed by atoms with E-state index in [1.54, 1.807) is 42.5 Å². The molecular weight excluding hydrogens is 490 g/mol. The van der Waals surface area contributed by atoms with Gasteiger partial charge in [0.25, 0.3) is 0 Å². The van der Waals surface area contributed by atoms with Crippen molar-refractivity contribution in [2.45, 2.75) is 11.7 Å². The Morgan fingerprint density at radius 2 is 2.00 bits per heavy atom. The van der Waals surface area contributed by atoms with E-state index in [-0.39, 0.29) is 17.3 Å². The Balaban J connectivity index is 1.73. The average molecular weight is 506 g/mol. The van der Waals surface area contributed by atoms with E-state index in [4.69, 9.17) is 14.6 Å². The van der Waals surface area contributed by atoms with E-state index in [1.165, 1.54) is 13.3 Å². The molecule has 2 N–H and O–H groups in total. The molecule has 1 amide bonds. The number of carboxylic acids is 1. The Labute approximate surface area is 189 Å². The molecule has 0 aromatic heterocycles. The number of carboxylic acid groups (broad SMARTS) is 1. The van der Waals surface area contributed by atoms with E-state index in [1.807, 2.05) is 0 Å². The second-order valence-corrected chi connectivity index (χ2v) is 8.25. The fraction of sp³-hybridized carbons (Fsp3) is 0.150. The zero-order valence-corrected chi connectivity index (χ0v) is 18.5. The molecule has 31 heavy (non-hydrogen) atoms. The van der Waals surface area contributed by atoms with Gasteiger partial charge in [-0.2, -0.15) is 5.10 Å². The number of rotatable bonds is 7. The molecule has 0 radical (unpaired) electrons. The maximum absolute atomic E-state index is 12.4. The summed E-state index contributed by atoms with van der Waals surface area (Å²) in [4.78, 5) is 35.0. The van der Waals surface area contributed by atoms with E-state index in [0.29, 0.717) is 16.9 Å². The van der Waals surface area contributed by atoms with Crippen LogP contribution < -0.4 is 14.8 Å². The predicted octanol–water partition coefficient (Wildman–Crippen LogP) is 3.07. The molecule has 3 rings (SSSR count). The Morgan fingerprint density at radius 3 is 2.68 bits per heavy atom. The summed E-state index contributed by atoms with van der Waals surface area (Å²) in [6, 6.07) is 11.5. The molecule has 9 nitrogen and oxygen atoms in total. The smallest absolute Gasteiger partial charge is 0.343 e. The van der Waals surface area contributed by atoms with Gasteiger partial charge in [0, 0.05) is 10.0 Å². The molecule has 1 atom stereocenters. The number of hydrogen-bond donors (Lipinski definition) is 2. The lowest BCUT2D eigenvalue weighted by Gasteiger charge is -2.08. The number of amidine groups is 1. The second kappa shape index (κ2) is 10.2. The third-order valence-corrected chi connectivity index (χ3v) is 5.55. The molecular formula is C20H16BrN3O6S. The number of methoxy groups -OCH3 is 1. The number of amides is 1. The summed E-state index contributed by atoms with van der Waals surface area (Å²) in [5.74, 6) is -1.18. The highest BCUT2D eigenvalue weighted by Gasteiger charge is 2.32. The number of thioether (sulfide) groups is 1. The standard InChI is InChI=1S/C20H16BrN3O6S/c1-29-14-5-2-11(3-6-14)19(28)30-15-7-4-13(21)8-12(15)10-22-24-20-23-18(27)16(31-20)9-17(25)26/h2-8,10,16H,9H2,1H3,(H,25,26)(H,23,24,27)/b22-10-/t16-/m0/s1. The minimum atomic E-state index is -1.07. The molecule has 1 aliphatic heterocycles. The Morgan fingerprint density at radius 1 is 1.26 bits per heavy atom. The third kappa shape index (κ3) is 6.15. The van der Waals surface area contributed by atoms with Gasteiger partial charge < -0.3 is 19.9 Å². The quantitative estimate of drug-likeness (QED) is 0.256. The summed E-state index contributed by atoms with van der Waals surface area (Å²) >= 11 is 4.34. The molecule has 0 saturated carbocycles. The van der Waals surface area contributed by atoms with E-state index in [2.05, 4.69) is 31.4 Å². The highest BCUT2D eigenvalue weighted by molar-refractivity contribution is 9.10. The van der Waals surface area contributed by atoms with Crippen LogP contribution in [0.25, 0.3) is 0 Å². The van der Waals surface area contributed by atoms with Crippen molar-refractivity contribution in [3.63, 3.8) is 0 Å². The van der Waals surface area contributed by atoms with Crippen molar-refractivity contribution in [1.29, 1.82) is 0 Å². The molecule has 2 aromatic rings. The molecule has 0 aliphatic carbocycles. The van der Waals surface area contributed by atoms with Gasteiger partial charge in [-0.05, 0) is 42.5 Å². The van der Waals surface area contributed by atoms with Gasteiger partial charge in [0.15, 0.2) is 5.17 Å². The highest BCUT2D eigenvalue weighted by atomic mass is 79.9. The molecule has 1 saturated heterocycles. The van der Waals surface area contributed by atoms with Crippen LogP contribution in [0.3, 0.4) is 0 Å². The van der Waals surface area contributed by atoms with Gasteiger partial charge in [-0.1, -0.05) is 27.7 Å². The van der Waals surface area contributed by atoms with Crippen molar-refractivity contribution in [3.05, 3.63) is 58.1 Å². The number of nitrogens with zero attached hydrogens (tertiary/aromatic N) is 2. The van der Waals surface area contributed by atoms with E-state index < -0.39 is 23.1 Å². The number of ether oxygens (including phenoxy) is 2. The molecule has 160 valence electrons. The number of halogens is 1. The van der Waals surface area contributed by atoms with Gasteiger partial charge >= 0.3 is 11.9 Å². The Kier molecular flexibility index (Phi) is 7.42. The van der Waals surface area contributed by atoms with Crippen LogP contribution in [-0.2, 0) is 9.59 Å². The van der Waals surface area contributed by atoms with E-state index in [9.17, 15) is 14.4 Å². The maximum atomic E-state index is 12.4. The van der Waals surface area contributed by atoms with Crippen LogP contribution in [0.1, 0.15) is 22.3 Å². The minimum Gasteiger partial charge on any atom is -0.497 e. The first kappa shape index (κ1) is 22.5. The number of nitrogens with one attached hydrogen (secondary N) is 1. The normalized spacial score (nSPS) is 17.0. The Hall–Kier alpha value is -3.18. The first-order chi connectivity index (χ1) is 14.9. The lowest BCUT2D eigenvalue weighted by atomic mass is 10.2. The first-order valence-corrected chi connectivity index (χ1v) is 10.5. The zero-order chi connectivity index (χ0) is 22.4. The SMILES string of the molecule is COc1ccc(C(=O)Oc2ccc(Br)cc2/C=N\N=C2\NC(=O)[C@H](CC(=O)O)S2)cc1. The molecule has 1 aliphatic rings. The largest absolute Gasteiger partial charge is 0.497 e. The van der Waals surface area contributed by atoms with Crippen molar-refractivity contribution in [2.24, 2.45) is 10.2 Å². The molecule has 1 heterocycles. The predicted molar refractivity (Wildman–Crippen MR) is 119 cm³/mol. The first-order valence-electron chi connectivity index (χ1n) is 8.82. The highest BCUT2D eigenvalue weighted by Crippen LogP contribution is 2.24. The van der Waals surface area contributed by atoms with Crippen molar-refractivity contribution < 1.29 is 29.0 Å². The minimum absolute atomic E-state index is 0.194. The Bertz CT molecular complexity index is 1070. The lowest BCUT2D eigenvalue weighted by molar-refractivity contribution is -0.138. The van der Waals surface area contributed by atoms with Gasteiger partial charge in [0.2, 0.25) is 5.91 Å². The number of aliphatic carboxylic acids is 1. The van der Waals surface area contributed by atoms with E-state index >= 15 is 0 Å². The summed E-state index contributed by atoms with van der Waals surface area (Å²) in [6.07, 6.45) is 1.06. The van der Waals surface area contributed by atoms with Crippen LogP contribution in [0, 0.1) is 0 Å². The van der Waals surface area contributed by atoms with Crippen LogP contribution in [0.5, 0.6) is 11.5 Å². The van der Waals surface area contributed by atoms with E-state index in [0.717, 1.165) is 16.2 Å². The monoisotopic (exact) mass is 505 g/mol. The van der Waals surface area contributed by atoms with Crippen LogP contribution in [0.2, 0.25) is 0 Å². The van der Waals surface area contributed by atoms with Crippen molar-refractivity contribution in [1.82, 2.24) is 5.32 Å². The number of carbonyl (C=O) groups is 3. The van der Waals surface area contributed by atoms with Crippen LogP contribution >= 0.6 is 27.7 Å². The zero-order valence-electron chi connectivity index (χ0n) is 16.1. The van der Waals surface area contributed by atoms with Crippen molar-refractivity contribution >= 4 is 56.9 Å². The number of carbonyl (C=O) groups excluding carboxylic acids is 2. The summed E-state index contributed by atoms with van der Waals surface area (Å²) in [5, 5.41) is 18.6. The fourth-order valence-electron chi connectivity index (χ4n) is 2.49. The molecule has 1 fully saturated rings. The van der Waals surface area contributed by atoms with Gasteiger partial charge in [-0.25, -0.2) is 4.79 Å². The van der Waals surface area contributed by atoms with Gasteiger partial charge in [0.05, 0.1) is 25.3 Å². The van der Waals surface area contributed by atoms with Crippen LogP contribution in [0.15, 0.2) is 57.1 Å². The molecule has 11 heteroatoms. The summed E-state index contributed by atoms with van der Waals surface area (Å²) < 4.78 is 11.3. The average Bonchev–Trinajstić information content (AvgIpc) is 3.08. The maximum Gasteiger partial charge on any atom is 0.343 e. The fourth-order valence-corrected chi connectivity index (χ4v) is 3.78. The second-order valence-electron chi connectivity index (χ2n) is 6.14. The van der Waals surface area contributed by atoms with Gasteiger partial charge in [-0.3, -0.25) is 9.59 Å². The summed E-state index contributed by atoms with van der Waals surface area (Å²) in [6.45, 7) is 0. The third-order valence-electron chi connectivity index (χ3n) is 3.98. The van der Waals surface area contributed by atoms with Crippen molar-refractivity contribution in [2.75, 3.05) is 7.11 Å². The van der Waals surface area contributed by atoms with Crippen molar-refractivity contribution in [3.8, 4) is 11.5 Å². The lowest BCUT2D eigenvalue weighted by Crippen LogP contribution is -2.26. The summed E-state index contributed by atoms with van der Waals surface area (Å²) in [7, 11) is 1.53. The molecule has 0 spiro atoms. The summed E-state index contributed by atoms with van der Waals surface area (Å²) in [5.41, 5.74) is 0.818. The van der Waals surface area contributed by atoms with Gasteiger partial charge in [-0.15, -0.1) is 5.10 Å². The topological polar surface area (TPSA) is 127 Å². The van der Waals surface area contributed by atoms with Crippen LogP contribution in [0.4, 0.5) is 0 Å². The number of benzene rings is 2. The molecule has 0 bridgehead atoms. The number of esters is 1. The molecule has 2 aromatic carbocycles. The molecule has 0 unspecified atom stereocenters.